The van der Waals surface area contributed by atoms with Crippen LogP contribution in [0.3, 0.4) is 0 Å². The second-order valence-electron chi connectivity index (χ2n) is 19.5. The second-order valence-corrected chi connectivity index (χ2v) is 19.5. The predicted octanol–water partition coefficient (Wildman–Crippen LogP) is 14.6. The Labute approximate surface area is 374 Å². The molecule has 4 heterocycles. The van der Waals surface area contributed by atoms with Gasteiger partial charge in [-0.05, 0) is 156 Å². The standard InChI is InChI=1S/C60H51N3O/c1-35-29-36(2)56(37(3)30-35)39-31-43-38(4)42-33-40(61-52-21-13-9-17-46(52)59(5,6)47-18-10-14-22-53(47)61)25-27-50(42)63-51-28-26-41(34-44(51)58(64)45(32-39)57(43)63)62-54-23-15-11-19-48(54)60(7,8)49-20-12-16-24-55(49)62/h9-11,13-19,21-34H,4,12,20H2,1-3,5-8H3. The minimum atomic E-state index is -0.166. The Kier molecular flexibility index (Phi) is 8.07. The Bertz CT molecular complexity index is 3640. The topological polar surface area (TPSA) is 28.0 Å². The fourth-order valence-electron chi connectivity index (χ4n) is 12.1. The zero-order valence-corrected chi connectivity index (χ0v) is 37.7. The van der Waals surface area contributed by atoms with Crippen LogP contribution in [0.4, 0.5) is 28.4 Å². The van der Waals surface area contributed by atoms with Crippen molar-refractivity contribution in [1.82, 2.24) is 4.40 Å². The van der Waals surface area contributed by atoms with E-state index in [1.54, 1.807) is 0 Å². The van der Waals surface area contributed by atoms with Gasteiger partial charge in [-0.1, -0.05) is 113 Å². The summed E-state index contributed by atoms with van der Waals surface area (Å²) in [5.41, 5.74) is 20.5. The Hall–Kier alpha value is -7.17. The maximum atomic E-state index is 15.5. The number of anilines is 5. The average molecular weight is 830 g/mol. The highest BCUT2D eigenvalue weighted by Gasteiger charge is 2.39. The van der Waals surface area contributed by atoms with E-state index in [0.717, 1.165) is 73.6 Å². The van der Waals surface area contributed by atoms with Crippen LogP contribution in [0.5, 0.6) is 0 Å². The SMILES string of the molecule is C=c1c2cc(N3c4ccccc4C(C)(C)c4ccccc43)ccc2n2c3ccc(N4C5=C(CCC=C5)C(C)(C)c5ccccc54)cc3c(=O)c3cc(-c4c(C)cc(C)cc4C)cc1c32. The molecule has 0 spiro atoms. The van der Waals surface area contributed by atoms with Crippen molar-refractivity contribution in [1.29, 1.82) is 0 Å². The lowest BCUT2D eigenvalue weighted by molar-refractivity contribution is 0.571. The number of nitrogens with zero attached hydrogens (tertiary/aromatic N) is 3. The summed E-state index contributed by atoms with van der Waals surface area (Å²) in [6, 6.07) is 48.7. The Balaban J connectivity index is 1.18. The minimum Gasteiger partial charge on any atom is -0.310 e. The molecule has 0 saturated heterocycles. The summed E-state index contributed by atoms with van der Waals surface area (Å²) >= 11 is 0. The molecule has 12 rings (SSSR count). The number of aromatic nitrogens is 1. The molecule has 0 bridgehead atoms. The highest BCUT2D eigenvalue weighted by Crippen LogP contribution is 2.53. The number of benzene rings is 7. The lowest BCUT2D eigenvalue weighted by atomic mass is 9.70. The van der Waals surface area contributed by atoms with E-state index >= 15 is 4.79 Å². The first-order valence-corrected chi connectivity index (χ1v) is 22.7. The fourth-order valence-corrected chi connectivity index (χ4v) is 12.1. The number of hydrogen-bond acceptors (Lipinski definition) is 3. The number of pyridine rings is 2. The quantitative estimate of drug-likeness (QED) is 0.131. The van der Waals surface area contributed by atoms with Crippen molar-refractivity contribution in [2.24, 2.45) is 0 Å². The summed E-state index contributed by atoms with van der Waals surface area (Å²) in [7, 11) is 0. The van der Waals surface area contributed by atoms with E-state index in [1.165, 1.54) is 56.0 Å². The van der Waals surface area contributed by atoms with E-state index < -0.39 is 0 Å². The van der Waals surface area contributed by atoms with Gasteiger partial charge in [0.2, 0.25) is 0 Å². The molecule has 4 nitrogen and oxygen atoms in total. The lowest BCUT2D eigenvalue weighted by Gasteiger charge is -2.44. The summed E-state index contributed by atoms with van der Waals surface area (Å²) in [4.78, 5) is 20.3. The van der Waals surface area contributed by atoms with E-state index in [1.807, 2.05) is 0 Å². The molecule has 3 aliphatic rings. The van der Waals surface area contributed by atoms with Crippen LogP contribution in [0.15, 0.2) is 162 Å². The molecule has 312 valence electrons. The number of hydrogen-bond donors (Lipinski definition) is 0. The first-order chi connectivity index (χ1) is 30.8. The number of aryl methyl sites for hydroxylation is 3. The van der Waals surface area contributed by atoms with Gasteiger partial charge in [0.1, 0.15) is 0 Å². The van der Waals surface area contributed by atoms with Crippen molar-refractivity contribution in [2.45, 2.75) is 72.1 Å². The Morgan fingerprint density at radius 3 is 1.73 bits per heavy atom. The zero-order chi connectivity index (χ0) is 44.0. The van der Waals surface area contributed by atoms with Gasteiger partial charge in [-0.3, -0.25) is 4.79 Å². The number of allylic oxidation sites excluding steroid dienone is 3. The van der Waals surface area contributed by atoms with Gasteiger partial charge in [0, 0.05) is 49.4 Å². The molecule has 4 heteroatoms. The van der Waals surface area contributed by atoms with Crippen LogP contribution in [-0.2, 0) is 10.8 Å². The summed E-state index contributed by atoms with van der Waals surface area (Å²) in [6.45, 7) is 20.8. The van der Waals surface area contributed by atoms with Gasteiger partial charge in [-0.2, -0.15) is 0 Å². The molecule has 0 radical (unpaired) electrons. The van der Waals surface area contributed by atoms with E-state index in [2.05, 4.69) is 208 Å². The fraction of sp³-hybridized carbons (Fsp3) is 0.183. The van der Waals surface area contributed by atoms with Crippen molar-refractivity contribution in [2.75, 3.05) is 9.80 Å². The summed E-state index contributed by atoms with van der Waals surface area (Å²) in [5, 5.41) is 4.33. The van der Waals surface area contributed by atoms with Gasteiger partial charge in [-0.15, -0.1) is 0 Å². The van der Waals surface area contributed by atoms with Crippen molar-refractivity contribution >= 4 is 73.1 Å². The van der Waals surface area contributed by atoms with Gasteiger partial charge >= 0.3 is 0 Å². The van der Waals surface area contributed by atoms with Gasteiger partial charge in [0.05, 0.1) is 33.6 Å². The molecule has 0 N–H and O–H groups in total. The number of fused-ring (bicyclic) bond motifs is 7. The third-order valence-corrected chi connectivity index (χ3v) is 15.0. The van der Waals surface area contributed by atoms with Crippen LogP contribution >= 0.6 is 0 Å². The van der Waals surface area contributed by atoms with Gasteiger partial charge in [-0.25, -0.2) is 0 Å². The van der Waals surface area contributed by atoms with Crippen LogP contribution in [0.25, 0.3) is 55.8 Å². The molecule has 2 aromatic heterocycles. The minimum absolute atomic E-state index is 0.0321. The monoisotopic (exact) mass is 829 g/mol. The highest BCUT2D eigenvalue weighted by atomic mass is 16.1. The highest BCUT2D eigenvalue weighted by molar-refractivity contribution is 6.11. The van der Waals surface area contributed by atoms with Crippen LogP contribution in [0.1, 0.15) is 73.9 Å². The third-order valence-electron chi connectivity index (χ3n) is 15.0. The van der Waals surface area contributed by atoms with Crippen LogP contribution < -0.4 is 20.4 Å². The van der Waals surface area contributed by atoms with E-state index in [-0.39, 0.29) is 16.3 Å². The molecule has 0 unspecified atom stereocenters. The molecule has 2 aliphatic heterocycles. The summed E-state index contributed by atoms with van der Waals surface area (Å²) in [6.07, 6.45) is 6.62. The van der Waals surface area contributed by atoms with Gasteiger partial charge in [0.15, 0.2) is 5.43 Å². The van der Waals surface area contributed by atoms with Crippen molar-refractivity contribution in [3.63, 3.8) is 0 Å². The molecule has 9 aromatic rings. The van der Waals surface area contributed by atoms with Crippen molar-refractivity contribution < 1.29 is 0 Å². The van der Waals surface area contributed by atoms with E-state index in [9.17, 15) is 0 Å². The predicted molar refractivity (Wildman–Crippen MR) is 270 cm³/mol. The molecule has 0 saturated carbocycles. The lowest BCUT2D eigenvalue weighted by Crippen LogP contribution is -2.34. The molecule has 7 aromatic carbocycles. The Morgan fingerprint density at radius 2 is 1.09 bits per heavy atom. The van der Waals surface area contributed by atoms with Crippen LogP contribution in [0, 0.1) is 20.8 Å². The number of para-hydroxylation sites is 3. The number of rotatable bonds is 3. The molecular formula is C60H51N3O. The zero-order valence-electron chi connectivity index (χ0n) is 37.7. The molecule has 1 aliphatic carbocycles. The van der Waals surface area contributed by atoms with Crippen molar-refractivity contribution in [3.05, 3.63) is 206 Å². The molecule has 0 fully saturated rings. The van der Waals surface area contributed by atoms with Gasteiger partial charge < -0.3 is 14.2 Å². The normalized spacial score (nSPS) is 16.1. The van der Waals surface area contributed by atoms with Crippen molar-refractivity contribution in [3.8, 4) is 11.1 Å². The molecule has 64 heavy (non-hydrogen) atoms. The second kappa shape index (κ2) is 13.4. The smallest absolute Gasteiger partial charge is 0.197 e. The van der Waals surface area contributed by atoms with Gasteiger partial charge in [0.25, 0.3) is 0 Å². The first kappa shape index (κ1) is 38.5. The maximum absolute atomic E-state index is 15.5. The average Bonchev–Trinajstić information content (AvgIpc) is 3.29. The van der Waals surface area contributed by atoms with E-state index in [4.69, 9.17) is 6.58 Å². The van der Waals surface area contributed by atoms with Crippen LogP contribution in [0.2, 0.25) is 0 Å². The molecule has 0 amide bonds. The summed E-state index contributed by atoms with van der Waals surface area (Å²) < 4.78 is 2.34. The maximum Gasteiger partial charge on any atom is 0.197 e. The first-order valence-electron chi connectivity index (χ1n) is 22.7. The van der Waals surface area contributed by atoms with Crippen LogP contribution in [-0.4, -0.2) is 4.40 Å². The Morgan fingerprint density at radius 1 is 0.562 bits per heavy atom. The third kappa shape index (κ3) is 5.20. The largest absolute Gasteiger partial charge is 0.310 e. The summed E-state index contributed by atoms with van der Waals surface area (Å²) in [5.74, 6) is 0. The molecular weight excluding hydrogens is 779 g/mol. The van der Waals surface area contributed by atoms with E-state index in [0.29, 0.717) is 10.8 Å². The molecule has 0 atom stereocenters.